The molecule has 0 unspecified atom stereocenters. The molecule has 1 aliphatic rings. The normalized spacial score (nSPS) is 13.4. The molecule has 0 atom stereocenters. The molecule has 0 saturated carbocycles. The highest BCUT2D eigenvalue weighted by molar-refractivity contribution is 8.15. The number of fused-ring (bicyclic) bond motifs is 1. The zero-order chi connectivity index (χ0) is 23.7. The number of carbonyl (C=O) groups is 1. The number of hydrogen-bond acceptors (Lipinski definition) is 9. The van der Waals surface area contributed by atoms with E-state index in [0.717, 1.165) is 28.6 Å². The van der Waals surface area contributed by atoms with Crippen molar-refractivity contribution in [3.8, 4) is 11.0 Å². The van der Waals surface area contributed by atoms with Gasteiger partial charge in [0, 0.05) is 17.4 Å². The molecule has 0 aliphatic carbocycles. The monoisotopic (exact) mass is 508 g/mol. The lowest BCUT2D eigenvalue weighted by molar-refractivity contribution is -0.109. The number of hydrogen-bond donors (Lipinski definition) is 2. The standard InChI is InChI=1S/C23H17ClN6O2S2/c1-13-27-19(10-14-11-25-17-8-4-2-6-15(14)17)21(32)30(13)22-28-29-23(34-22)33-20(31)12-26-18-9-5-3-7-16(18)24/h2-11,26,32H,12H2,1H3/b14-10+. The maximum atomic E-state index is 12.4. The summed E-state index contributed by atoms with van der Waals surface area (Å²) in [6.07, 6.45) is 3.54. The van der Waals surface area contributed by atoms with Gasteiger partial charge in [0.05, 0.1) is 22.9 Å². The van der Waals surface area contributed by atoms with Crippen LogP contribution in [-0.2, 0) is 4.79 Å². The summed E-state index contributed by atoms with van der Waals surface area (Å²) in [5, 5.41) is 22.9. The third-order valence-corrected chi connectivity index (χ3v) is 7.14. The molecule has 0 spiro atoms. The molecule has 2 aromatic heterocycles. The number of halogens is 1. The van der Waals surface area contributed by atoms with Crippen molar-refractivity contribution in [1.82, 2.24) is 19.7 Å². The lowest BCUT2D eigenvalue weighted by Gasteiger charge is -2.05. The predicted molar refractivity (Wildman–Crippen MR) is 137 cm³/mol. The fraction of sp³-hybridized carbons (Fsp3) is 0.0870. The van der Waals surface area contributed by atoms with E-state index in [1.807, 2.05) is 36.4 Å². The van der Waals surface area contributed by atoms with Gasteiger partial charge < -0.3 is 10.4 Å². The number of rotatable bonds is 6. The fourth-order valence-electron chi connectivity index (χ4n) is 3.41. The van der Waals surface area contributed by atoms with Crippen LogP contribution in [0.4, 0.5) is 11.4 Å². The smallest absolute Gasteiger partial charge is 0.225 e. The topological polar surface area (TPSA) is 105 Å². The zero-order valence-corrected chi connectivity index (χ0v) is 20.2. The Bertz CT molecular complexity index is 1460. The highest BCUT2D eigenvalue weighted by Crippen LogP contribution is 2.35. The summed E-state index contributed by atoms with van der Waals surface area (Å²) in [7, 11) is 0. The second-order valence-corrected chi connectivity index (χ2v) is 9.90. The van der Waals surface area contributed by atoms with Crippen molar-refractivity contribution in [3.63, 3.8) is 0 Å². The first kappa shape index (κ1) is 22.3. The molecule has 1 aliphatic heterocycles. The number of anilines is 1. The first-order valence-corrected chi connectivity index (χ1v) is 12.2. The molecule has 4 aromatic rings. The van der Waals surface area contributed by atoms with Gasteiger partial charge in [-0.3, -0.25) is 9.79 Å². The van der Waals surface area contributed by atoms with Crippen LogP contribution < -0.4 is 5.32 Å². The molecule has 0 radical (unpaired) electrons. The van der Waals surface area contributed by atoms with Crippen LogP contribution in [0.5, 0.6) is 5.88 Å². The molecular weight excluding hydrogens is 492 g/mol. The Kier molecular flexibility index (Phi) is 6.18. The van der Waals surface area contributed by atoms with Gasteiger partial charge in [-0.1, -0.05) is 53.3 Å². The SMILES string of the molecule is Cc1nc(/C=C2\C=Nc3ccccc32)c(O)n1-c1nnc(SC(=O)CNc2ccccc2Cl)s1. The van der Waals surface area contributed by atoms with E-state index in [9.17, 15) is 9.90 Å². The van der Waals surface area contributed by atoms with Crippen LogP contribution in [0.1, 0.15) is 17.1 Å². The molecule has 0 saturated heterocycles. The number of aromatic hydroxyl groups is 1. The van der Waals surface area contributed by atoms with Gasteiger partial charge in [-0.2, -0.15) is 0 Å². The van der Waals surface area contributed by atoms with Crippen LogP contribution in [0.2, 0.25) is 5.02 Å². The lowest BCUT2D eigenvalue weighted by atomic mass is 10.1. The van der Waals surface area contributed by atoms with Crippen LogP contribution in [-0.4, -0.2) is 42.7 Å². The number of thioether (sulfide) groups is 1. The van der Waals surface area contributed by atoms with E-state index >= 15 is 0 Å². The van der Waals surface area contributed by atoms with Crippen molar-refractivity contribution in [2.75, 3.05) is 11.9 Å². The van der Waals surface area contributed by atoms with Crippen LogP contribution >= 0.6 is 34.7 Å². The van der Waals surface area contributed by atoms with Gasteiger partial charge in [0.1, 0.15) is 11.5 Å². The molecular formula is C23H17ClN6O2S2. The predicted octanol–water partition coefficient (Wildman–Crippen LogP) is 5.38. The first-order valence-electron chi connectivity index (χ1n) is 10.2. The zero-order valence-electron chi connectivity index (χ0n) is 17.8. The summed E-state index contributed by atoms with van der Waals surface area (Å²) in [4.78, 5) is 21.3. The van der Waals surface area contributed by atoms with Crippen LogP contribution in [0, 0.1) is 6.92 Å². The molecule has 11 heteroatoms. The average molecular weight is 509 g/mol. The van der Waals surface area contributed by atoms with Gasteiger partial charge in [-0.25, -0.2) is 9.55 Å². The van der Waals surface area contributed by atoms with Crippen molar-refractivity contribution in [3.05, 3.63) is 70.6 Å². The maximum absolute atomic E-state index is 12.4. The Morgan fingerprint density at radius 3 is 2.85 bits per heavy atom. The third-order valence-electron chi connectivity index (χ3n) is 4.98. The second kappa shape index (κ2) is 9.41. The fourth-order valence-corrected chi connectivity index (χ4v) is 5.33. The van der Waals surface area contributed by atoms with Crippen LogP contribution in [0.15, 0.2) is 57.9 Å². The Hall–Kier alpha value is -3.47. The molecule has 0 bridgehead atoms. The molecule has 0 amide bonds. The minimum absolute atomic E-state index is 0.0535. The number of carbonyl (C=O) groups excluding carboxylic acids is 1. The summed E-state index contributed by atoms with van der Waals surface area (Å²) < 4.78 is 1.98. The number of aryl methyl sites for hydroxylation is 1. The lowest BCUT2D eigenvalue weighted by Crippen LogP contribution is -2.10. The molecule has 0 fully saturated rings. The van der Waals surface area contributed by atoms with E-state index in [0.29, 0.717) is 31.7 Å². The van der Waals surface area contributed by atoms with Gasteiger partial charge in [-0.15, -0.1) is 10.2 Å². The van der Waals surface area contributed by atoms with E-state index < -0.39 is 0 Å². The Morgan fingerprint density at radius 1 is 1.21 bits per heavy atom. The Labute approximate surface area is 208 Å². The van der Waals surface area contributed by atoms with Crippen LogP contribution in [0.3, 0.4) is 0 Å². The van der Waals surface area contributed by atoms with Crippen LogP contribution in [0.25, 0.3) is 16.8 Å². The summed E-state index contributed by atoms with van der Waals surface area (Å²) in [5.74, 6) is 0.495. The largest absolute Gasteiger partial charge is 0.493 e. The second-order valence-electron chi connectivity index (χ2n) is 7.24. The molecule has 2 aromatic carbocycles. The average Bonchev–Trinajstić information content (AvgIpc) is 3.52. The van der Waals surface area contributed by atoms with Gasteiger partial charge in [-0.05, 0) is 43.0 Å². The number of imidazole rings is 1. The first-order chi connectivity index (χ1) is 16.5. The van der Waals surface area contributed by atoms with Crippen molar-refractivity contribution < 1.29 is 9.90 Å². The van der Waals surface area contributed by atoms with Gasteiger partial charge in [0.15, 0.2) is 4.34 Å². The molecule has 3 heterocycles. The van der Waals surface area contributed by atoms with Crippen molar-refractivity contribution in [2.24, 2.45) is 4.99 Å². The molecule has 8 nitrogen and oxygen atoms in total. The minimum atomic E-state index is -0.140. The van der Waals surface area contributed by atoms with Gasteiger partial charge >= 0.3 is 0 Å². The third kappa shape index (κ3) is 4.47. The van der Waals surface area contributed by atoms with Crippen molar-refractivity contribution >= 4 is 69.1 Å². The van der Waals surface area contributed by atoms with E-state index in [1.165, 1.54) is 15.9 Å². The highest BCUT2D eigenvalue weighted by atomic mass is 35.5. The Morgan fingerprint density at radius 2 is 2.00 bits per heavy atom. The number of aliphatic imine (C=N–C) groups is 1. The minimum Gasteiger partial charge on any atom is -0.493 e. The number of allylic oxidation sites excluding steroid dienone is 1. The van der Waals surface area contributed by atoms with Crippen molar-refractivity contribution in [2.45, 2.75) is 11.3 Å². The summed E-state index contributed by atoms with van der Waals surface area (Å²) in [6.45, 7) is 1.85. The molecule has 170 valence electrons. The number of benzene rings is 2. The highest BCUT2D eigenvalue weighted by Gasteiger charge is 2.20. The number of para-hydroxylation sites is 2. The number of nitrogens with one attached hydrogen (secondary N) is 1. The molecule has 5 rings (SSSR count). The number of nitrogens with zero attached hydrogens (tertiary/aromatic N) is 5. The quantitative estimate of drug-likeness (QED) is 0.337. The summed E-state index contributed by atoms with van der Waals surface area (Å²) >= 11 is 8.28. The summed E-state index contributed by atoms with van der Waals surface area (Å²) in [6, 6.07) is 15.0. The number of aromatic nitrogens is 4. The Balaban J connectivity index is 1.31. The summed E-state index contributed by atoms with van der Waals surface area (Å²) in [5.41, 5.74) is 3.81. The van der Waals surface area contributed by atoms with E-state index in [2.05, 4.69) is 25.5 Å². The molecule has 34 heavy (non-hydrogen) atoms. The maximum Gasteiger partial charge on any atom is 0.225 e. The van der Waals surface area contributed by atoms with Gasteiger partial charge in [0.25, 0.3) is 0 Å². The van der Waals surface area contributed by atoms with E-state index in [4.69, 9.17) is 11.6 Å². The van der Waals surface area contributed by atoms with Crippen molar-refractivity contribution in [1.29, 1.82) is 0 Å². The van der Waals surface area contributed by atoms with Gasteiger partial charge in [0.2, 0.25) is 16.1 Å². The van der Waals surface area contributed by atoms with E-state index in [-0.39, 0.29) is 17.5 Å². The van der Waals surface area contributed by atoms with E-state index in [1.54, 1.807) is 31.3 Å². The molecule has 2 N–H and O–H groups in total.